The van der Waals surface area contributed by atoms with Crippen LogP contribution in [-0.4, -0.2) is 43.2 Å². The third kappa shape index (κ3) is 5.41. The third-order valence-electron chi connectivity index (χ3n) is 2.84. The van der Waals surface area contributed by atoms with Crippen molar-refractivity contribution >= 4 is 11.6 Å². The first-order chi connectivity index (χ1) is 9.75. The third-order valence-corrected chi connectivity index (χ3v) is 2.84. The van der Waals surface area contributed by atoms with Crippen LogP contribution in [0.4, 0.5) is 20.4 Å². The molecule has 21 heavy (non-hydrogen) atoms. The molecule has 1 heterocycles. The Labute approximate surface area is 124 Å². The molecule has 120 valence electrons. The smallest absolute Gasteiger partial charge is 0.261 e. The Kier molecular flexibility index (Phi) is 6.26. The molecule has 2 N–H and O–H groups in total. The highest BCUT2D eigenvalue weighted by atomic mass is 19.3. The van der Waals surface area contributed by atoms with Gasteiger partial charge in [-0.2, -0.15) is 0 Å². The molecule has 5 nitrogen and oxygen atoms in total. The summed E-state index contributed by atoms with van der Waals surface area (Å²) >= 11 is 0. The summed E-state index contributed by atoms with van der Waals surface area (Å²) in [7, 11) is 1.80. The van der Waals surface area contributed by atoms with Crippen LogP contribution in [0.5, 0.6) is 0 Å². The van der Waals surface area contributed by atoms with Crippen LogP contribution in [0.2, 0.25) is 0 Å². The number of aromatic nitrogens is 2. The molecule has 0 fully saturated rings. The van der Waals surface area contributed by atoms with Gasteiger partial charge in [-0.3, -0.25) is 0 Å². The van der Waals surface area contributed by atoms with Gasteiger partial charge in [-0.15, -0.1) is 0 Å². The minimum atomic E-state index is -2.44. The van der Waals surface area contributed by atoms with E-state index < -0.39 is 13.0 Å². The van der Waals surface area contributed by atoms with Gasteiger partial charge in [-0.25, -0.2) is 18.7 Å². The van der Waals surface area contributed by atoms with Crippen molar-refractivity contribution in [3.63, 3.8) is 0 Å². The van der Waals surface area contributed by atoms with E-state index in [0.29, 0.717) is 18.2 Å². The van der Waals surface area contributed by atoms with Crippen molar-refractivity contribution in [3.8, 4) is 0 Å². The van der Waals surface area contributed by atoms with E-state index in [-0.39, 0.29) is 12.0 Å². The van der Waals surface area contributed by atoms with Gasteiger partial charge in [0.2, 0.25) is 0 Å². The van der Waals surface area contributed by atoms with Gasteiger partial charge in [0.1, 0.15) is 24.1 Å². The molecule has 0 aliphatic rings. The lowest BCUT2D eigenvalue weighted by Crippen LogP contribution is -2.20. The molecule has 0 aliphatic heterocycles. The predicted molar refractivity (Wildman–Crippen MR) is 80.3 cm³/mol. The molecule has 0 bridgehead atoms. The Morgan fingerprint density at radius 1 is 1.19 bits per heavy atom. The Morgan fingerprint density at radius 2 is 1.81 bits per heavy atom. The molecule has 0 radical (unpaired) electrons. The molecular weight excluding hydrogens is 278 g/mol. The maximum Gasteiger partial charge on any atom is 0.261 e. The van der Waals surface area contributed by atoms with Crippen LogP contribution >= 0.6 is 0 Å². The number of nitrogens with zero attached hydrogens (tertiary/aromatic N) is 2. The fourth-order valence-electron chi connectivity index (χ4n) is 1.68. The second-order valence-corrected chi connectivity index (χ2v) is 5.76. The molecule has 0 aliphatic carbocycles. The molecular formula is C14H24F2N4O. The second kappa shape index (κ2) is 7.49. The monoisotopic (exact) mass is 302 g/mol. The summed E-state index contributed by atoms with van der Waals surface area (Å²) in [6.45, 7) is 8.08. The Bertz CT molecular complexity index is 461. The zero-order valence-electron chi connectivity index (χ0n) is 13.3. The summed E-state index contributed by atoms with van der Waals surface area (Å²) < 4.78 is 28.8. The maximum atomic E-state index is 12.0. The minimum Gasteiger partial charge on any atom is -0.374 e. The van der Waals surface area contributed by atoms with Crippen molar-refractivity contribution in [2.45, 2.75) is 39.5 Å². The molecule has 0 unspecified atom stereocenters. The quantitative estimate of drug-likeness (QED) is 0.759. The van der Waals surface area contributed by atoms with E-state index in [2.05, 4.69) is 20.6 Å². The van der Waals surface area contributed by atoms with Crippen molar-refractivity contribution in [2.75, 3.05) is 37.4 Å². The first-order valence-corrected chi connectivity index (χ1v) is 6.92. The normalized spacial score (nSPS) is 11.8. The zero-order valence-corrected chi connectivity index (χ0v) is 13.3. The van der Waals surface area contributed by atoms with E-state index in [9.17, 15) is 8.78 Å². The maximum absolute atomic E-state index is 12.0. The first-order valence-electron chi connectivity index (χ1n) is 6.92. The number of hydrogen-bond acceptors (Lipinski definition) is 5. The average Bonchev–Trinajstić information content (AvgIpc) is 2.38. The largest absolute Gasteiger partial charge is 0.374 e. The Hall–Kier alpha value is -1.50. The SMILES string of the molecule is CNc1nc(C(C)(C)C)nc(NCCOCC(F)F)c1C. The first kappa shape index (κ1) is 17.6. The summed E-state index contributed by atoms with van der Waals surface area (Å²) in [5.74, 6) is 2.17. The van der Waals surface area contributed by atoms with Gasteiger partial charge in [0.25, 0.3) is 6.43 Å². The van der Waals surface area contributed by atoms with Crippen LogP contribution in [0, 0.1) is 6.92 Å². The van der Waals surface area contributed by atoms with Gasteiger partial charge < -0.3 is 15.4 Å². The highest BCUT2D eigenvalue weighted by Crippen LogP contribution is 2.25. The molecule has 1 rings (SSSR count). The molecule has 0 saturated heterocycles. The van der Waals surface area contributed by atoms with Crippen LogP contribution in [0.15, 0.2) is 0 Å². The van der Waals surface area contributed by atoms with Gasteiger partial charge in [-0.1, -0.05) is 20.8 Å². The highest BCUT2D eigenvalue weighted by molar-refractivity contribution is 5.57. The lowest BCUT2D eigenvalue weighted by molar-refractivity contribution is 0.0214. The number of hydrogen-bond donors (Lipinski definition) is 2. The Balaban J connectivity index is 2.76. The average molecular weight is 302 g/mol. The van der Waals surface area contributed by atoms with Crippen molar-refractivity contribution in [2.24, 2.45) is 0 Å². The standard InChI is InChI=1S/C14H24F2N4O/c1-9-11(17-5)19-13(14(2,3)4)20-12(9)18-6-7-21-8-10(15)16/h10H,6-8H2,1-5H3,(H2,17,18,19,20). The number of nitrogens with one attached hydrogen (secondary N) is 2. The lowest BCUT2D eigenvalue weighted by atomic mass is 9.95. The summed E-state index contributed by atoms with van der Waals surface area (Å²) in [4.78, 5) is 9.02. The van der Waals surface area contributed by atoms with Gasteiger partial charge in [0.05, 0.1) is 6.61 Å². The van der Waals surface area contributed by atoms with Crippen molar-refractivity contribution in [3.05, 3.63) is 11.4 Å². The summed E-state index contributed by atoms with van der Waals surface area (Å²) in [6, 6.07) is 0. The lowest BCUT2D eigenvalue weighted by Gasteiger charge is -2.20. The molecule has 0 spiro atoms. The van der Waals surface area contributed by atoms with Gasteiger partial charge in [0, 0.05) is 24.6 Å². The Morgan fingerprint density at radius 3 is 2.33 bits per heavy atom. The molecule has 0 aromatic carbocycles. The van der Waals surface area contributed by atoms with Crippen LogP contribution in [0.1, 0.15) is 32.2 Å². The number of anilines is 2. The number of alkyl halides is 2. The number of rotatable bonds is 7. The number of ether oxygens (including phenoxy) is 1. The number of halogens is 2. The molecule has 1 aromatic rings. The van der Waals surface area contributed by atoms with E-state index in [1.165, 1.54) is 0 Å². The summed E-state index contributed by atoms with van der Waals surface area (Å²) in [6.07, 6.45) is -2.44. The highest BCUT2D eigenvalue weighted by Gasteiger charge is 2.20. The van der Waals surface area contributed by atoms with Crippen LogP contribution in [0.25, 0.3) is 0 Å². The van der Waals surface area contributed by atoms with Crippen LogP contribution in [0.3, 0.4) is 0 Å². The van der Waals surface area contributed by atoms with E-state index in [4.69, 9.17) is 4.74 Å². The fraction of sp³-hybridized carbons (Fsp3) is 0.714. The molecule has 0 saturated carbocycles. The van der Waals surface area contributed by atoms with E-state index >= 15 is 0 Å². The van der Waals surface area contributed by atoms with Gasteiger partial charge in [-0.05, 0) is 6.92 Å². The van der Waals surface area contributed by atoms with Crippen molar-refractivity contribution < 1.29 is 13.5 Å². The van der Waals surface area contributed by atoms with Gasteiger partial charge in [0.15, 0.2) is 0 Å². The molecule has 0 atom stereocenters. The van der Waals surface area contributed by atoms with E-state index in [1.54, 1.807) is 7.05 Å². The van der Waals surface area contributed by atoms with Crippen LogP contribution in [-0.2, 0) is 10.2 Å². The topological polar surface area (TPSA) is 59.1 Å². The molecule has 7 heteroatoms. The summed E-state index contributed by atoms with van der Waals surface area (Å²) in [5, 5.41) is 6.16. The molecule has 0 amide bonds. The van der Waals surface area contributed by atoms with Crippen LogP contribution < -0.4 is 10.6 Å². The molecule has 1 aromatic heterocycles. The van der Waals surface area contributed by atoms with E-state index in [1.807, 2.05) is 27.7 Å². The van der Waals surface area contributed by atoms with Crippen molar-refractivity contribution in [1.82, 2.24) is 9.97 Å². The van der Waals surface area contributed by atoms with E-state index in [0.717, 1.165) is 11.4 Å². The second-order valence-electron chi connectivity index (χ2n) is 5.76. The minimum absolute atomic E-state index is 0.179. The van der Waals surface area contributed by atoms with Crippen molar-refractivity contribution in [1.29, 1.82) is 0 Å². The van der Waals surface area contributed by atoms with Gasteiger partial charge >= 0.3 is 0 Å². The summed E-state index contributed by atoms with van der Waals surface area (Å²) in [5.41, 5.74) is 0.710. The predicted octanol–water partition coefficient (Wildman–Crippen LogP) is 2.82. The zero-order chi connectivity index (χ0) is 16.0. The fourth-order valence-corrected chi connectivity index (χ4v) is 1.68.